The first-order valence-corrected chi connectivity index (χ1v) is 8.29. The fourth-order valence-corrected chi connectivity index (χ4v) is 3.30. The largest absolute Gasteiger partial charge is 0.494 e. The van der Waals surface area contributed by atoms with E-state index in [0.717, 1.165) is 29.3 Å². The zero-order chi connectivity index (χ0) is 15.5. The molecule has 2 heterocycles. The van der Waals surface area contributed by atoms with Crippen molar-refractivity contribution in [2.45, 2.75) is 19.4 Å². The van der Waals surface area contributed by atoms with E-state index in [1.54, 1.807) is 4.90 Å². The van der Waals surface area contributed by atoms with Crippen LogP contribution in [0.1, 0.15) is 23.8 Å². The van der Waals surface area contributed by atoms with Gasteiger partial charge in [0.15, 0.2) is 0 Å². The standard InChI is InChI=1S/C16H19N3O2S.2ClH/c1-2-21-13-5-3-11(4-6-13)15-18-14(10-22-15)16(20)19-8-7-12(17)9-19;;/h3-6,10,12H,2,7-9,17H2,1H3;2*1H/t12-;;/m1../s1. The quantitative estimate of drug-likeness (QED) is 0.871. The number of carbonyl (C=O) groups excluding carboxylic acids is 1. The van der Waals surface area contributed by atoms with E-state index in [1.165, 1.54) is 11.3 Å². The Morgan fingerprint density at radius 2 is 2.08 bits per heavy atom. The molecule has 3 rings (SSSR count). The molecule has 132 valence electrons. The number of hydrogen-bond acceptors (Lipinski definition) is 5. The van der Waals surface area contributed by atoms with Gasteiger partial charge in [0.1, 0.15) is 16.5 Å². The van der Waals surface area contributed by atoms with Crippen molar-refractivity contribution in [1.82, 2.24) is 9.88 Å². The van der Waals surface area contributed by atoms with Gasteiger partial charge in [0.2, 0.25) is 0 Å². The molecule has 24 heavy (non-hydrogen) atoms. The van der Waals surface area contributed by atoms with Crippen LogP contribution in [-0.2, 0) is 0 Å². The normalized spacial score (nSPS) is 16.2. The van der Waals surface area contributed by atoms with Gasteiger partial charge in [-0.3, -0.25) is 4.79 Å². The number of halogens is 2. The minimum atomic E-state index is -0.0265. The van der Waals surface area contributed by atoms with Gasteiger partial charge in [-0.25, -0.2) is 4.98 Å². The van der Waals surface area contributed by atoms with Crippen molar-refractivity contribution in [2.75, 3.05) is 19.7 Å². The number of aromatic nitrogens is 1. The number of benzene rings is 1. The van der Waals surface area contributed by atoms with Crippen LogP contribution in [0.4, 0.5) is 0 Å². The topological polar surface area (TPSA) is 68.5 Å². The zero-order valence-corrected chi connectivity index (χ0v) is 15.8. The molecule has 1 aliphatic heterocycles. The molecule has 0 aliphatic carbocycles. The molecule has 1 atom stereocenters. The highest BCUT2D eigenvalue weighted by atomic mass is 35.5. The van der Waals surface area contributed by atoms with Gasteiger partial charge in [0.25, 0.3) is 5.91 Å². The van der Waals surface area contributed by atoms with E-state index < -0.39 is 0 Å². The number of rotatable bonds is 4. The molecular formula is C16H21Cl2N3O2S. The van der Waals surface area contributed by atoms with E-state index >= 15 is 0 Å². The highest BCUT2D eigenvalue weighted by molar-refractivity contribution is 7.13. The molecule has 1 aromatic heterocycles. The van der Waals surface area contributed by atoms with Crippen molar-refractivity contribution in [2.24, 2.45) is 5.73 Å². The third-order valence-electron chi connectivity index (χ3n) is 3.65. The molecule has 1 saturated heterocycles. The molecule has 0 spiro atoms. The molecule has 0 radical (unpaired) electrons. The Balaban J connectivity index is 0.00000144. The molecule has 1 aromatic carbocycles. The summed E-state index contributed by atoms with van der Waals surface area (Å²) in [5.41, 5.74) is 7.35. The minimum absolute atomic E-state index is 0. The van der Waals surface area contributed by atoms with Gasteiger partial charge in [-0.05, 0) is 37.6 Å². The van der Waals surface area contributed by atoms with E-state index in [0.29, 0.717) is 18.8 Å². The lowest BCUT2D eigenvalue weighted by molar-refractivity contribution is 0.0786. The Hall–Kier alpha value is -1.34. The van der Waals surface area contributed by atoms with E-state index in [9.17, 15) is 4.79 Å². The summed E-state index contributed by atoms with van der Waals surface area (Å²) in [5, 5.41) is 2.66. The lowest BCUT2D eigenvalue weighted by Crippen LogP contribution is -2.32. The summed E-state index contributed by atoms with van der Waals surface area (Å²) in [6.45, 7) is 3.94. The van der Waals surface area contributed by atoms with Gasteiger partial charge >= 0.3 is 0 Å². The summed E-state index contributed by atoms with van der Waals surface area (Å²) < 4.78 is 5.43. The first-order chi connectivity index (χ1) is 10.7. The number of carbonyl (C=O) groups is 1. The van der Waals surface area contributed by atoms with Crippen LogP contribution in [0.15, 0.2) is 29.6 Å². The summed E-state index contributed by atoms with van der Waals surface area (Å²) in [4.78, 5) is 18.6. The van der Waals surface area contributed by atoms with Gasteiger partial charge in [-0.2, -0.15) is 0 Å². The van der Waals surface area contributed by atoms with Crippen molar-refractivity contribution in [3.63, 3.8) is 0 Å². The van der Waals surface area contributed by atoms with Crippen LogP contribution in [0.3, 0.4) is 0 Å². The number of nitrogens with zero attached hydrogens (tertiary/aromatic N) is 2. The lowest BCUT2D eigenvalue weighted by Gasteiger charge is -2.13. The lowest BCUT2D eigenvalue weighted by atomic mass is 10.2. The van der Waals surface area contributed by atoms with E-state index in [1.807, 2.05) is 36.6 Å². The van der Waals surface area contributed by atoms with Gasteiger partial charge in [0, 0.05) is 30.1 Å². The molecule has 2 aromatic rings. The Bertz CT molecular complexity index is 664. The molecule has 0 bridgehead atoms. The Kier molecular flexibility index (Phi) is 7.96. The van der Waals surface area contributed by atoms with Crippen LogP contribution in [0.2, 0.25) is 0 Å². The third kappa shape index (κ3) is 4.60. The summed E-state index contributed by atoms with van der Waals surface area (Å²) >= 11 is 1.48. The van der Waals surface area contributed by atoms with Gasteiger partial charge in [-0.1, -0.05) is 0 Å². The maximum absolute atomic E-state index is 12.4. The maximum atomic E-state index is 12.4. The second-order valence-corrected chi connectivity index (χ2v) is 6.15. The summed E-state index contributed by atoms with van der Waals surface area (Å²) in [6, 6.07) is 7.85. The second-order valence-electron chi connectivity index (χ2n) is 5.30. The van der Waals surface area contributed by atoms with Crippen LogP contribution in [0, 0.1) is 0 Å². The van der Waals surface area contributed by atoms with Crippen LogP contribution in [0.25, 0.3) is 10.6 Å². The monoisotopic (exact) mass is 389 g/mol. The molecule has 5 nitrogen and oxygen atoms in total. The van der Waals surface area contributed by atoms with Gasteiger partial charge < -0.3 is 15.4 Å². The molecule has 0 saturated carbocycles. The highest BCUT2D eigenvalue weighted by Gasteiger charge is 2.26. The van der Waals surface area contributed by atoms with Crippen LogP contribution in [-0.4, -0.2) is 41.5 Å². The zero-order valence-electron chi connectivity index (χ0n) is 13.3. The smallest absolute Gasteiger partial charge is 0.273 e. The van der Waals surface area contributed by atoms with Crippen LogP contribution >= 0.6 is 36.2 Å². The third-order valence-corrected chi connectivity index (χ3v) is 4.54. The van der Waals surface area contributed by atoms with Crippen LogP contribution in [0.5, 0.6) is 5.75 Å². The van der Waals surface area contributed by atoms with Gasteiger partial charge in [0.05, 0.1) is 6.61 Å². The minimum Gasteiger partial charge on any atom is -0.494 e. The average Bonchev–Trinajstić information content (AvgIpc) is 3.17. The Labute approximate surface area is 158 Å². The van der Waals surface area contributed by atoms with Crippen molar-refractivity contribution in [1.29, 1.82) is 0 Å². The summed E-state index contributed by atoms with van der Waals surface area (Å²) in [5.74, 6) is 0.812. The SMILES string of the molecule is CCOc1ccc(-c2nc(C(=O)N3CC[C@@H](N)C3)cs2)cc1.Cl.Cl. The first kappa shape index (κ1) is 20.7. The van der Waals surface area contributed by atoms with Crippen molar-refractivity contribution < 1.29 is 9.53 Å². The molecule has 1 amide bonds. The number of likely N-dealkylation sites (tertiary alicyclic amines) is 1. The highest BCUT2D eigenvalue weighted by Crippen LogP contribution is 2.26. The predicted molar refractivity (Wildman–Crippen MR) is 102 cm³/mol. The molecule has 0 unspecified atom stereocenters. The second kappa shape index (κ2) is 9.22. The summed E-state index contributed by atoms with van der Waals surface area (Å²) in [6.07, 6.45) is 0.863. The number of hydrogen-bond donors (Lipinski definition) is 1. The van der Waals surface area contributed by atoms with E-state index in [2.05, 4.69) is 4.98 Å². The Morgan fingerprint density at radius 1 is 1.38 bits per heavy atom. The number of amides is 1. The van der Waals surface area contributed by atoms with Crippen LogP contribution < -0.4 is 10.5 Å². The Morgan fingerprint density at radius 3 is 2.67 bits per heavy atom. The molecule has 2 N–H and O–H groups in total. The van der Waals surface area contributed by atoms with Crippen molar-refractivity contribution >= 4 is 42.1 Å². The molecule has 1 aliphatic rings. The number of thiazole rings is 1. The molecule has 8 heteroatoms. The number of ether oxygens (including phenoxy) is 1. The fourth-order valence-electron chi connectivity index (χ4n) is 2.50. The fraction of sp³-hybridized carbons (Fsp3) is 0.375. The first-order valence-electron chi connectivity index (χ1n) is 7.41. The van der Waals surface area contributed by atoms with Crippen molar-refractivity contribution in [3.8, 4) is 16.3 Å². The predicted octanol–water partition coefficient (Wildman–Crippen LogP) is 3.23. The molecular weight excluding hydrogens is 369 g/mol. The van der Waals surface area contributed by atoms with Crippen molar-refractivity contribution in [3.05, 3.63) is 35.3 Å². The van der Waals surface area contributed by atoms with E-state index in [-0.39, 0.29) is 36.8 Å². The van der Waals surface area contributed by atoms with E-state index in [4.69, 9.17) is 10.5 Å². The maximum Gasteiger partial charge on any atom is 0.273 e. The van der Waals surface area contributed by atoms with Gasteiger partial charge in [-0.15, -0.1) is 36.2 Å². The number of nitrogens with two attached hydrogens (primary N) is 1. The molecule has 1 fully saturated rings. The summed E-state index contributed by atoms with van der Waals surface area (Å²) in [7, 11) is 0. The average molecular weight is 390 g/mol.